The van der Waals surface area contributed by atoms with Crippen LogP contribution in [-0.4, -0.2) is 30.5 Å². The summed E-state index contributed by atoms with van der Waals surface area (Å²) in [5, 5.41) is 5.54. The third kappa shape index (κ3) is 8.48. The first-order valence-electron chi connectivity index (χ1n) is 8.63. The Labute approximate surface area is 153 Å². The molecule has 0 fully saturated rings. The van der Waals surface area contributed by atoms with Crippen molar-refractivity contribution in [2.45, 2.75) is 45.8 Å². The van der Waals surface area contributed by atoms with Crippen molar-refractivity contribution in [1.29, 1.82) is 0 Å². The van der Waals surface area contributed by atoms with Gasteiger partial charge in [-0.25, -0.2) is 4.79 Å². The van der Waals surface area contributed by atoms with E-state index in [4.69, 9.17) is 16.2 Å². The third-order valence-corrected chi connectivity index (χ3v) is 3.54. The number of hydrogen-bond acceptors (Lipinski definition) is 5. The molecule has 0 aliphatic heterocycles. The highest BCUT2D eigenvalue weighted by Gasteiger charge is 2.20. The molecule has 26 heavy (non-hydrogen) atoms. The van der Waals surface area contributed by atoms with Crippen LogP contribution in [0.4, 0.5) is 10.5 Å². The minimum Gasteiger partial charge on any atom is -0.445 e. The summed E-state index contributed by atoms with van der Waals surface area (Å²) in [6.45, 7) is 4.39. The zero-order valence-electron chi connectivity index (χ0n) is 15.3. The van der Waals surface area contributed by atoms with Gasteiger partial charge in [-0.2, -0.15) is 0 Å². The average Bonchev–Trinajstić information content (AvgIpc) is 2.57. The van der Waals surface area contributed by atoms with E-state index in [9.17, 15) is 14.4 Å². The average molecular weight is 364 g/mol. The summed E-state index contributed by atoms with van der Waals surface area (Å²) in [6.07, 6.45) is 0.614. The molecule has 0 heterocycles. The molecule has 0 radical (unpaired) electrons. The van der Waals surface area contributed by atoms with Gasteiger partial charge in [0, 0.05) is 12.1 Å². The van der Waals surface area contributed by atoms with Gasteiger partial charge in [0.05, 0.1) is 0 Å². The predicted octanol–water partition coefficient (Wildman–Crippen LogP) is 1.49. The Morgan fingerprint density at radius 3 is 2.35 bits per heavy atom. The monoisotopic (exact) mass is 364 g/mol. The molecule has 3 amide bonds. The van der Waals surface area contributed by atoms with E-state index in [-0.39, 0.29) is 24.3 Å². The van der Waals surface area contributed by atoms with Gasteiger partial charge in [0.25, 0.3) is 0 Å². The van der Waals surface area contributed by atoms with Gasteiger partial charge >= 0.3 is 6.09 Å². The summed E-state index contributed by atoms with van der Waals surface area (Å²) in [6, 6.07) is 6.17. The van der Waals surface area contributed by atoms with Crippen molar-refractivity contribution in [3.63, 3.8) is 0 Å². The van der Waals surface area contributed by atoms with Crippen molar-refractivity contribution in [1.82, 2.24) is 5.32 Å². The molecule has 144 valence electrons. The largest absolute Gasteiger partial charge is 0.445 e. The molecule has 0 saturated carbocycles. The molecular weight excluding hydrogens is 336 g/mol. The summed E-state index contributed by atoms with van der Waals surface area (Å²) in [7, 11) is 0. The maximum Gasteiger partial charge on any atom is 0.404 e. The van der Waals surface area contributed by atoms with Crippen LogP contribution in [0.3, 0.4) is 0 Å². The standard InChI is InChI=1S/C18H28N4O4/c1-12(2)10-16(23)22-15(4-3-9-19)17(24)21-14-7-5-13(6-8-14)11-26-18(20)25/h5-8,12,15H,3-4,9-11,19H2,1-2H3,(H2,20,25)(H,21,24)(H,22,23). The van der Waals surface area contributed by atoms with Crippen LogP contribution in [0.15, 0.2) is 24.3 Å². The van der Waals surface area contributed by atoms with Crippen LogP contribution < -0.4 is 22.1 Å². The lowest BCUT2D eigenvalue weighted by Crippen LogP contribution is -2.44. The number of anilines is 1. The molecule has 1 aromatic carbocycles. The first-order chi connectivity index (χ1) is 12.3. The molecule has 8 nitrogen and oxygen atoms in total. The lowest BCUT2D eigenvalue weighted by atomic mass is 10.1. The minimum atomic E-state index is -0.845. The second-order valence-corrected chi connectivity index (χ2v) is 6.44. The molecule has 0 aromatic heterocycles. The van der Waals surface area contributed by atoms with Crippen molar-refractivity contribution in [3.8, 4) is 0 Å². The van der Waals surface area contributed by atoms with E-state index in [1.165, 1.54) is 0 Å². The van der Waals surface area contributed by atoms with Crippen molar-refractivity contribution in [3.05, 3.63) is 29.8 Å². The Kier molecular flexibility index (Phi) is 9.14. The number of rotatable bonds is 10. The molecule has 1 atom stereocenters. The summed E-state index contributed by atoms with van der Waals surface area (Å²) < 4.78 is 4.70. The summed E-state index contributed by atoms with van der Waals surface area (Å²) in [5.74, 6) is -0.240. The molecule has 1 aromatic rings. The van der Waals surface area contributed by atoms with Crippen molar-refractivity contribution in [2.75, 3.05) is 11.9 Å². The van der Waals surface area contributed by atoms with E-state index in [1.54, 1.807) is 24.3 Å². The topological polar surface area (TPSA) is 137 Å². The van der Waals surface area contributed by atoms with E-state index in [2.05, 4.69) is 10.6 Å². The molecule has 8 heteroatoms. The van der Waals surface area contributed by atoms with E-state index in [0.29, 0.717) is 31.5 Å². The second-order valence-electron chi connectivity index (χ2n) is 6.44. The number of nitrogens with one attached hydrogen (secondary N) is 2. The molecule has 0 bridgehead atoms. The van der Waals surface area contributed by atoms with Crippen molar-refractivity contribution in [2.24, 2.45) is 17.4 Å². The molecule has 0 aliphatic carbocycles. The van der Waals surface area contributed by atoms with Gasteiger partial charge in [0.15, 0.2) is 0 Å². The lowest BCUT2D eigenvalue weighted by Gasteiger charge is -2.19. The summed E-state index contributed by atoms with van der Waals surface area (Å²) in [5.41, 5.74) is 11.8. The molecule has 0 saturated heterocycles. The number of benzene rings is 1. The van der Waals surface area contributed by atoms with Crippen molar-refractivity contribution >= 4 is 23.6 Å². The van der Waals surface area contributed by atoms with Gasteiger partial charge in [0.2, 0.25) is 11.8 Å². The fourth-order valence-corrected chi connectivity index (χ4v) is 2.28. The highest BCUT2D eigenvalue weighted by molar-refractivity contribution is 5.97. The van der Waals surface area contributed by atoms with Gasteiger partial charge in [-0.05, 0) is 43.0 Å². The number of nitrogens with two attached hydrogens (primary N) is 2. The maximum atomic E-state index is 12.5. The molecule has 0 spiro atoms. The number of ether oxygens (including phenoxy) is 1. The maximum absolute atomic E-state index is 12.5. The Morgan fingerprint density at radius 1 is 1.15 bits per heavy atom. The van der Waals surface area contributed by atoms with Crippen LogP contribution >= 0.6 is 0 Å². The van der Waals surface area contributed by atoms with Crippen LogP contribution in [0.25, 0.3) is 0 Å². The molecule has 0 aliphatic rings. The lowest BCUT2D eigenvalue weighted by molar-refractivity contribution is -0.127. The number of amides is 3. The van der Waals surface area contributed by atoms with Crippen LogP contribution in [0.1, 0.15) is 38.7 Å². The molecular formula is C18H28N4O4. The van der Waals surface area contributed by atoms with E-state index < -0.39 is 12.1 Å². The van der Waals surface area contributed by atoms with E-state index in [0.717, 1.165) is 5.56 Å². The Bertz CT molecular complexity index is 602. The third-order valence-electron chi connectivity index (χ3n) is 3.54. The quantitative estimate of drug-likeness (QED) is 0.498. The Morgan fingerprint density at radius 2 is 1.81 bits per heavy atom. The summed E-state index contributed by atoms with van der Waals surface area (Å²) in [4.78, 5) is 35.1. The van der Waals surface area contributed by atoms with Crippen LogP contribution in [-0.2, 0) is 20.9 Å². The highest BCUT2D eigenvalue weighted by Crippen LogP contribution is 2.12. The number of carbonyl (C=O) groups excluding carboxylic acids is 3. The normalized spacial score (nSPS) is 11.7. The fraction of sp³-hybridized carbons (Fsp3) is 0.500. The smallest absolute Gasteiger partial charge is 0.404 e. The van der Waals surface area contributed by atoms with Gasteiger partial charge in [-0.1, -0.05) is 26.0 Å². The number of primary amides is 1. The van der Waals surface area contributed by atoms with Gasteiger partial charge in [0.1, 0.15) is 12.6 Å². The second kappa shape index (κ2) is 11.1. The van der Waals surface area contributed by atoms with E-state index in [1.807, 2.05) is 13.8 Å². The van der Waals surface area contributed by atoms with Crippen LogP contribution in [0, 0.1) is 5.92 Å². The first-order valence-corrected chi connectivity index (χ1v) is 8.63. The van der Waals surface area contributed by atoms with E-state index >= 15 is 0 Å². The summed E-state index contributed by atoms with van der Waals surface area (Å²) >= 11 is 0. The molecule has 6 N–H and O–H groups in total. The Hall–Kier alpha value is -2.61. The zero-order chi connectivity index (χ0) is 19.5. The van der Waals surface area contributed by atoms with Gasteiger partial charge < -0.3 is 26.8 Å². The first kappa shape index (κ1) is 21.4. The molecule has 1 unspecified atom stereocenters. The zero-order valence-corrected chi connectivity index (χ0v) is 15.3. The van der Waals surface area contributed by atoms with Gasteiger partial charge in [-0.15, -0.1) is 0 Å². The number of hydrogen-bond donors (Lipinski definition) is 4. The Balaban J connectivity index is 2.66. The van der Waals surface area contributed by atoms with Gasteiger partial charge in [-0.3, -0.25) is 9.59 Å². The SMILES string of the molecule is CC(C)CC(=O)NC(CCCN)C(=O)Nc1ccc(COC(N)=O)cc1. The molecule has 1 rings (SSSR count). The predicted molar refractivity (Wildman–Crippen MR) is 99.1 cm³/mol. The fourth-order valence-electron chi connectivity index (χ4n) is 2.28. The number of carbonyl (C=O) groups is 3. The van der Waals surface area contributed by atoms with Crippen LogP contribution in [0.2, 0.25) is 0 Å². The minimum absolute atomic E-state index is 0.0634. The van der Waals surface area contributed by atoms with Crippen molar-refractivity contribution < 1.29 is 19.1 Å². The highest BCUT2D eigenvalue weighted by atomic mass is 16.5. The van der Waals surface area contributed by atoms with Crippen LogP contribution in [0.5, 0.6) is 0 Å².